The van der Waals surface area contributed by atoms with E-state index in [9.17, 15) is 0 Å². The van der Waals surface area contributed by atoms with Gasteiger partial charge >= 0.3 is 0 Å². The molecule has 2 heteroatoms. The van der Waals surface area contributed by atoms with Gasteiger partial charge in [0.15, 0.2) is 0 Å². The largest absolute Gasteiger partial charge is 0.456 e. The van der Waals surface area contributed by atoms with Crippen LogP contribution in [-0.4, -0.2) is 4.40 Å². The Labute approximate surface area is 201 Å². The molecule has 2 nitrogen and oxygen atoms in total. The van der Waals surface area contributed by atoms with Gasteiger partial charge in [0, 0.05) is 37.7 Å². The first-order valence-corrected chi connectivity index (χ1v) is 12.3. The van der Waals surface area contributed by atoms with E-state index in [1.165, 1.54) is 71.1 Å². The van der Waals surface area contributed by atoms with E-state index in [-0.39, 0.29) is 5.41 Å². The van der Waals surface area contributed by atoms with Gasteiger partial charge in [-0.25, -0.2) is 0 Å². The van der Waals surface area contributed by atoms with Crippen LogP contribution in [0, 0.1) is 0 Å². The first kappa shape index (κ1) is 18.1. The van der Waals surface area contributed by atoms with Gasteiger partial charge in [0.1, 0.15) is 11.2 Å². The Morgan fingerprint density at radius 3 is 2.34 bits per heavy atom. The number of fused-ring (bicyclic) bond motifs is 13. The van der Waals surface area contributed by atoms with Gasteiger partial charge in [0.05, 0.1) is 16.6 Å². The summed E-state index contributed by atoms with van der Waals surface area (Å²) in [5.74, 6) is 0. The molecule has 0 radical (unpaired) electrons. The summed E-state index contributed by atoms with van der Waals surface area (Å²) in [6, 6.07) is 33.3. The SMILES string of the molecule is CC1(C)c2ccccc2-c2c1ccc1c2c2cccc3c4cc5oc6ccccc6c5cc4n1c32. The van der Waals surface area contributed by atoms with Crippen molar-refractivity contribution < 1.29 is 4.42 Å². The third kappa shape index (κ3) is 1.93. The molecule has 1 aliphatic rings. The highest BCUT2D eigenvalue weighted by Gasteiger charge is 2.37. The number of hydrogen-bond acceptors (Lipinski definition) is 1. The third-order valence-electron chi connectivity index (χ3n) is 8.52. The smallest absolute Gasteiger partial charge is 0.136 e. The van der Waals surface area contributed by atoms with Crippen LogP contribution in [0.5, 0.6) is 0 Å². The van der Waals surface area contributed by atoms with Crippen LogP contribution in [0.15, 0.2) is 95.4 Å². The normalized spacial score (nSPS) is 14.8. The number of hydrogen-bond donors (Lipinski definition) is 0. The summed E-state index contributed by atoms with van der Waals surface area (Å²) in [7, 11) is 0. The van der Waals surface area contributed by atoms with Crippen LogP contribution in [0.3, 0.4) is 0 Å². The number of rotatable bonds is 0. The lowest BCUT2D eigenvalue weighted by atomic mass is 9.82. The minimum Gasteiger partial charge on any atom is -0.456 e. The lowest BCUT2D eigenvalue weighted by Crippen LogP contribution is -2.14. The molecule has 0 unspecified atom stereocenters. The molecule has 1 aliphatic carbocycles. The molecule has 35 heavy (non-hydrogen) atoms. The summed E-state index contributed by atoms with van der Waals surface area (Å²) in [4.78, 5) is 0. The van der Waals surface area contributed by atoms with Crippen molar-refractivity contribution >= 4 is 60.0 Å². The first-order chi connectivity index (χ1) is 17.1. The minimum atomic E-state index is -0.00392. The number of para-hydroxylation sites is 2. The summed E-state index contributed by atoms with van der Waals surface area (Å²) in [6.45, 7) is 4.71. The van der Waals surface area contributed by atoms with Crippen LogP contribution in [0.4, 0.5) is 0 Å². The highest BCUT2D eigenvalue weighted by Crippen LogP contribution is 2.53. The van der Waals surface area contributed by atoms with Gasteiger partial charge in [-0.15, -0.1) is 0 Å². The second-order valence-electron chi connectivity index (χ2n) is 10.6. The molecule has 0 atom stereocenters. The Bertz CT molecular complexity index is 2190. The minimum absolute atomic E-state index is 0.00392. The molecule has 0 N–H and O–H groups in total. The molecule has 0 amide bonds. The maximum atomic E-state index is 6.25. The summed E-state index contributed by atoms with van der Waals surface area (Å²) >= 11 is 0. The van der Waals surface area contributed by atoms with Crippen LogP contribution in [0.1, 0.15) is 25.0 Å². The van der Waals surface area contributed by atoms with Crippen molar-refractivity contribution in [2.24, 2.45) is 0 Å². The van der Waals surface area contributed by atoms with Crippen molar-refractivity contribution in [3.63, 3.8) is 0 Å². The summed E-state index contributed by atoms with van der Waals surface area (Å²) in [5.41, 5.74) is 11.4. The fourth-order valence-electron chi connectivity index (χ4n) is 6.98. The molecule has 0 saturated carbocycles. The summed E-state index contributed by atoms with van der Waals surface area (Å²) in [6.07, 6.45) is 0. The van der Waals surface area contributed by atoms with Crippen molar-refractivity contribution in [3.05, 3.63) is 102 Å². The monoisotopic (exact) mass is 447 g/mol. The average Bonchev–Trinajstić information content (AvgIpc) is 3.58. The molecule has 3 aromatic heterocycles. The number of benzene rings is 5. The van der Waals surface area contributed by atoms with Crippen molar-refractivity contribution in [3.8, 4) is 11.1 Å². The fourth-order valence-corrected chi connectivity index (χ4v) is 6.98. The summed E-state index contributed by atoms with van der Waals surface area (Å²) in [5, 5.41) is 7.59. The number of aromatic nitrogens is 1. The van der Waals surface area contributed by atoms with E-state index in [2.05, 4.69) is 103 Å². The average molecular weight is 448 g/mol. The molecule has 0 bridgehead atoms. The second-order valence-corrected chi connectivity index (χ2v) is 10.6. The van der Waals surface area contributed by atoms with Crippen molar-refractivity contribution in [2.75, 3.05) is 0 Å². The van der Waals surface area contributed by atoms with Crippen LogP contribution >= 0.6 is 0 Å². The van der Waals surface area contributed by atoms with Crippen LogP contribution in [-0.2, 0) is 5.41 Å². The Kier molecular flexibility index (Phi) is 2.93. The highest BCUT2D eigenvalue weighted by molar-refractivity contribution is 6.28. The summed E-state index contributed by atoms with van der Waals surface area (Å²) < 4.78 is 8.74. The van der Waals surface area contributed by atoms with Crippen LogP contribution < -0.4 is 0 Å². The van der Waals surface area contributed by atoms with Crippen molar-refractivity contribution in [2.45, 2.75) is 19.3 Å². The van der Waals surface area contributed by atoms with Crippen LogP contribution in [0.25, 0.3) is 71.2 Å². The second kappa shape index (κ2) is 5.67. The van der Waals surface area contributed by atoms with Gasteiger partial charge in [-0.3, -0.25) is 0 Å². The Morgan fingerprint density at radius 1 is 0.600 bits per heavy atom. The Balaban J connectivity index is 1.54. The van der Waals surface area contributed by atoms with E-state index < -0.39 is 0 Å². The predicted molar refractivity (Wildman–Crippen MR) is 146 cm³/mol. The molecule has 5 aromatic carbocycles. The number of nitrogens with zero attached hydrogens (tertiary/aromatic N) is 1. The lowest BCUT2D eigenvalue weighted by Gasteiger charge is -2.21. The van der Waals surface area contributed by atoms with E-state index in [1.807, 2.05) is 6.07 Å². The standard InChI is InChI=1S/C33H21NO/c1-33(2)24-12-5-3-9-20(24)30-25(33)14-15-26-31(30)21-11-7-10-19-22-17-29-23(16-27(22)34(26)32(19)21)18-8-4-6-13-28(18)35-29/h3-17H,1-2H3. The van der Waals surface area contributed by atoms with E-state index in [0.29, 0.717) is 0 Å². The Hall–Kier alpha value is -4.30. The maximum Gasteiger partial charge on any atom is 0.136 e. The lowest BCUT2D eigenvalue weighted by molar-refractivity contribution is 0.661. The molecule has 0 saturated heterocycles. The van der Waals surface area contributed by atoms with Gasteiger partial charge in [0.2, 0.25) is 0 Å². The van der Waals surface area contributed by atoms with Crippen LogP contribution in [0.2, 0.25) is 0 Å². The third-order valence-corrected chi connectivity index (χ3v) is 8.52. The zero-order valence-electron chi connectivity index (χ0n) is 19.5. The van der Waals surface area contributed by atoms with Crippen molar-refractivity contribution in [1.29, 1.82) is 0 Å². The molecule has 164 valence electrons. The van der Waals surface area contributed by atoms with Gasteiger partial charge in [-0.2, -0.15) is 0 Å². The van der Waals surface area contributed by atoms with E-state index in [4.69, 9.17) is 4.42 Å². The van der Waals surface area contributed by atoms with E-state index >= 15 is 0 Å². The molecule has 8 aromatic rings. The molecule has 0 fully saturated rings. The molecule has 0 spiro atoms. The quantitative estimate of drug-likeness (QED) is 0.227. The number of furan rings is 1. The molecular weight excluding hydrogens is 426 g/mol. The topological polar surface area (TPSA) is 17.6 Å². The highest BCUT2D eigenvalue weighted by atomic mass is 16.3. The zero-order chi connectivity index (χ0) is 23.1. The molecule has 0 aliphatic heterocycles. The van der Waals surface area contributed by atoms with Gasteiger partial charge in [0.25, 0.3) is 0 Å². The molecule has 9 rings (SSSR count). The van der Waals surface area contributed by atoms with E-state index in [0.717, 1.165) is 11.2 Å². The zero-order valence-corrected chi connectivity index (χ0v) is 19.5. The predicted octanol–water partition coefficient (Wildman–Crippen LogP) is 9.04. The molecular formula is C33H21NO. The van der Waals surface area contributed by atoms with Crippen molar-refractivity contribution in [1.82, 2.24) is 4.40 Å². The van der Waals surface area contributed by atoms with Gasteiger partial charge < -0.3 is 8.82 Å². The maximum absolute atomic E-state index is 6.25. The van der Waals surface area contributed by atoms with Gasteiger partial charge in [-0.05, 0) is 46.5 Å². The Morgan fingerprint density at radius 2 is 1.40 bits per heavy atom. The molecule has 3 heterocycles. The fraction of sp³-hybridized carbons (Fsp3) is 0.0909. The first-order valence-electron chi connectivity index (χ1n) is 12.3. The van der Waals surface area contributed by atoms with E-state index in [1.54, 1.807) is 0 Å². The van der Waals surface area contributed by atoms with Gasteiger partial charge in [-0.1, -0.05) is 80.6 Å².